The summed E-state index contributed by atoms with van der Waals surface area (Å²) in [6, 6.07) is 55.6. The Morgan fingerprint density at radius 2 is 1.18 bits per heavy atom. The van der Waals surface area contributed by atoms with Gasteiger partial charge in [0.15, 0.2) is 0 Å². The Kier molecular flexibility index (Phi) is 8.36. The van der Waals surface area contributed by atoms with E-state index >= 15 is 0 Å². The second kappa shape index (κ2) is 13.1. The fraction of sp³-hybridized carbons (Fsp3) is 0.0222. The molecule has 0 unspecified atom stereocenters. The van der Waals surface area contributed by atoms with Gasteiger partial charge >= 0.3 is 0 Å². The number of thiophene rings is 1. The SMILES string of the molecule is Cc1cc(-c2cccc3c2sc2ccccc23)cc(-c2[c-]c(-c3cc(-c4ccccc4)cc(-c4ccc5ccccc5c4O)n3)ccc2)n1.[Pt]. The van der Waals surface area contributed by atoms with Crippen LogP contribution in [0, 0.1) is 13.0 Å². The molecular formula is C45H29N2OPtS-. The normalized spacial score (nSPS) is 11.2. The van der Waals surface area contributed by atoms with Gasteiger partial charge in [-0.1, -0.05) is 120 Å². The predicted molar refractivity (Wildman–Crippen MR) is 205 cm³/mol. The van der Waals surface area contributed by atoms with Crippen LogP contribution in [0.15, 0.2) is 152 Å². The van der Waals surface area contributed by atoms with Crippen molar-refractivity contribution in [1.82, 2.24) is 9.97 Å². The fourth-order valence-corrected chi connectivity index (χ4v) is 8.01. The third-order valence-corrected chi connectivity index (χ3v) is 10.3. The summed E-state index contributed by atoms with van der Waals surface area (Å²) < 4.78 is 2.57. The van der Waals surface area contributed by atoms with E-state index in [1.807, 2.05) is 78.1 Å². The monoisotopic (exact) mass is 840 g/mol. The summed E-state index contributed by atoms with van der Waals surface area (Å²) in [5.41, 5.74) is 10.2. The summed E-state index contributed by atoms with van der Waals surface area (Å²) >= 11 is 1.84. The molecule has 242 valence electrons. The zero-order valence-corrected chi connectivity index (χ0v) is 30.1. The summed E-state index contributed by atoms with van der Waals surface area (Å²) in [6.07, 6.45) is 0. The van der Waals surface area contributed by atoms with Crippen LogP contribution in [-0.2, 0) is 21.1 Å². The number of phenols is 1. The van der Waals surface area contributed by atoms with Gasteiger partial charge in [0.1, 0.15) is 5.75 Å². The molecule has 0 saturated carbocycles. The Hall–Kier alpha value is -5.41. The number of phenolic OH excluding ortho intramolecular Hbond substituents is 1. The smallest absolute Gasteiger partial charge is 0.132 e. The summed E-state index contributed by atoms with van der Waals surface area (Å²) in [5, 5.41) is 15.8. The molecule has 50 heavy (non-hydrogen) atoms. The van der Waals surface area contributed by atoms with Crippen LogP contribution < -0.4 is 0 Å². The quantitative estimate of drug-likeness (QED) is 0.176. The minimum Gasteiger partial charge on any atom is -0.507 e. The maximum atomic E-state index is 11.4. The molecule has 0 saturated heterocycles. The van der Waals surface area contributed by atoms with Crippen LogP contribution in [0.4, 0.5) is 0 Å². The third-order valence-electron chi connectivity index (χ3n) is 9.12. The van der Waals surface area contributed by atoms with E-state index in [0.717, 1.165) is 55.7 Å². The molecule has 0 aliphatic rings. The van der Waals surface area contributed by atoms with Crippen LogP contribution in [0.3, 0.4) is 0 Å². The number of hydrogen-bond acceptors (Lipinski definition) is 4. The van der Waals surface area contributed by atoms with Crippen molar-refractivity contribution in [2.24, 2.45) is 0 Å². The number of rotatable bonds is 5. The van der Waals surface area contributed by atoms with E-state index < -0.39 is 0 Å². The van der Waals surface area contributed by atoms with Gasteiger partial charge in [0, 0.05) is 69.3 Å². The molecule has 1 N–H and O–H groups in total. The summed E-state index contributed by atoms with van der Waals surface area (Å²) in [7, 11) is 0. The second-order valence-corrected chi connectivity index (χ2v) is 13.4. The number of pyridine rings is 2. The number of aryl methyl sites for hydroxylation is 1. The van der Waals surface area contributed by atoms with Gasteiger partial charge in [-0.2, -0.15) is 0 Å². The molecule has 0 amide bonds. The first kappa shape index (κ1) is 31.8. The van der Waals surface area contributed by atoms with Crippen LogP contribution in [-0.4, -0.2) is 15.1 Å². The van der Waals surface area contributed by atoms with Crippen molar-refractivity contribution in [2.45, 2.75) is 6.92 Å². The van der Waals surface area contributed by atoms with Gasteiger partial charge < -0.3 is 5.11 Å². The van der Waals surface area contributed by atoms with Crippen molar-refractivity contribution >= 4 is 42.3 Å². The van der Waals surface area contributed by atoms with Crippen LogP contribution >= 0.6 is 11.3 Å². The minimum absolute atomic E-state index is 0. The number of hydrogen-bond donors (Lipinski definition) is 1. The van der Waals surface area contributed by atoms with Crippen molar-refractivity contribution in [3.8, 4) is 61.8 Å². The summed E-state index contributed by atoms with van der Waals surface area (Å²) in [6.45, 7) is 2.05. The van der Waals surface area contributed by atoms with E-state index in [2.05, 4.69) is 97.9 Å². The second-order valence-electron chi connectivity index (χ2n) is 12.3. The van der Waals surface area contributed by atoms with E-state index in [1.54, 1.807) is 0 Å². The molecule has 0 atom stereocenters. The van der Waals surface area contributed by atoms with E-state index in [4.69, 9.17) is 9.97 Å². The Morgan fingerprint density at radius 1 is 0.520 bits per heavy atom. The molecule has 0 aliphatic heterocycles. The number of benzene rings is 6. The summed E-state index contributed by atoms with van der Waals surface area (Å²) in [4.78, 5) is 10.1. The zero-order chi connectivity index (χ0) is 32.9. The van der Waals surface area contributed by atoms with Crippen molar-refractivity contribution in [3.05, 3.63) is 163 Å². The molecule has 6 aromatic carbocycles. The maximum absolute atomic E-state index is 11.4. The van der Waals surface area contributed by atoms with Crippen LogP contribution in [0.2, 0.25) is 0 Å². The molecule has 0 spiro atoms. The van der Waals surface area contributed by atoms with Crippen molar-refractivity contribution in [1.29, 1.82) is 0 Å². The van der Waals surface area contributed by atoms with E-state index in [1.165, 1.54) is 25.7 Å². The van der Waals surface area contributed by atoms with Crippen LogP contribution in [0.25, 0.3) is 87.0 Å². The van der Waals surface area contributed by atoms with Crippen LogP contribution in [0.5, 0.6) is 5.75 Å². The molecule has 0 bridgehead atoms. The van der Waals surface area contributed by atoms with Gasteiger partial charge in [-0.25, -0.2) is 0 Å². The Labute approximate surface area is 308 Å². The van der Waals surface area contributed by atoms with Gasteiger partial charge in [-0.15, -0.1) is 35.6 Å². The number of aromatic nitrogens is 2. The van der Waals surface area contributed by atoms with Crippen molar-refractivity contribution < 1.29 is 26.2 Å². The molecule has 9 aromatic rings. The molecule has 3 aromatic heterocycles. The molecule has 5 heteroatoms. The largest absolute Gasteiger partial charge is 0.507 e. The van der Waals surface area contributed by atoms with Gasteiger partial charge in [-0.05, 0) is 58.8 Å². The molecule has 9 rings (SSSR count). The minimum atomic E-state index is 0. The summed E-state index contributed by atoms with van der Waals surface area (Å²) in [5.74, 6) is 0.227. The first-order chi connectivity index (χ1) is 24.1. The zero-order valence-electron chi connectivity index (χ0n) is 27.0. The topological polar surface area (TPSA) is 46.0 Å². The van der Waals surface area contributed by atoms with E-state index in [-0.39, 0.29) is 26.8 Å². The molecule has 0 radical (unpaired) electrons. The van der Waals surface area contributed by atoms with E-state index in [0.29, 0.717) is 11.3 Å². The third kappa shape index (κ3) is 5.71. The average molecular weight is 841 g/mol. The Bertz CT molecular complexity index is 2700. The van der Waals surface area contributed by atoms with Crippen molar-refractivity contribution in [3.63, 3.8) is 0 Å². The van der Waals surface area contributed by atoms with E-state index in [9.17, 15) is 5.11 Å². The first-order valence-electron chi connectivity index (χ1n) is 16.3. The molecular weight excluding hydrogens is 812 g/mol. The number of fused-ring (bicyclic) bond motifs is 4. The molecule has 0 fully saturated rings. The molecule has 0 aliphatic carbocycles. The van der Waals surface area contributed by atoms with Gasteiger partial charge in [-0.3, -0.25) is 9.97 Å². The first-order valence-corrected chi connectivity index (χ1v) is 17.1. The predicted octanol–water partition coefficient (Wildman–Crippen LogP) is 12.1. The molecule has 3 nitrogen and oxygen atoms in total. The standard InChI is InChI=1S/C45H29N2OS.Pt/c1-28-23-34(36-18-10-19-38-37-17-7-8-20-43(37)49-45(36)38)27-40(46-28)31-14-9-15-32(24-31)41-25-33(29-11-3-2-4-12-29)26-42(47-41)39-22-21-30-13-5-6-16-35(30)44(39)48;/h2-23,25-27,48H,1H3;/q-1;. The van der Waals surface area contributed by atoms with Gasteiger partial charge in [0.25, 0.3) is 0 Å². The van der Waals surface area contributed by atoms with Crippen molar-refractivity contribution in [2.75, 3.05) is 0 Å². The maximum Gasteiger partial charge on any atom is 0.132 e. The Morgan fingerprint density at radius 3 is 2.02 bits per heavy atom. The van der Waals surface area contributed by atoms with Gasteiger partial charge in [0.05, 0.1) is 5.69 Å². The van der Waals surface area contributed by atoms with Gasteiger partial charge in [0.2, 0.25) is 0 Å². The number of aromatic hydroxyl groups is 1. The number of nitrogens with zero attached hydrogens (tertiary/aromatic N) is 2. The Balaban J connectivity index is 0.00000361. The van der Waals surface area contributed by atoms with Crippen LogP contribution in [0.1, 0.15) is 5.69 Å². The average Bonchev–Trinajstić information content (AvgIpc) is 3.54. The fourth-order valence-electron chi connectivity index (χ4n) is 6.77. The molecule has 3 heterocycles.